The summed E-state index contributed by atoms with van der Waals surface area (Å²) in [6, 6.07) is 16.3. The molecule has 8 nitrogen and oxygen atoms in total. The highest BCUT2D eigenvalue weighted by molar-refractivity contribution is 5.79. The highest BCUT2D eigenvalue weighted by Crippen LogP contribution is 2.44. The van der Waals surface area contributed by atoms with E-state index in [-0.39, 0.29) is 43.9 Å². The van der Waals surface area contributed by atoms with Gasteiger partial charge >= 0.3 is 12.1 Å². The van der Waals surface area contributed by atoms with E-state index < -0.39 is 18.2 Å². The van der Waals surface area contributed by atoms with Crippen LogP contribution in [-0.2, 0) is 19.1 Å². The maximum Gasteiger partial charge on any atom is 0.407 e. The molecule has 3 N–H and O–H groups in total. The Morgan fingerprint density at radius 1 is 0.943 bits per heavy atom. The van der Waals surface area contributed by atoms with Crippen LogP contribution in [0.25, 0.3) is 11.1 Å². The molecule has 35 heavy (non-hydrogen) atoms. The molecule has 0 bridgehead atoms. The summed E-state index contributed by atoms with van der Waals surface area (Å²) in [6.45, 7) is 4.49. The van der Waals surface area contributed by atoms with Crippen LogP contribution in [-0.4, -0.2) is 56.0 Å². The van der Waals surface area contributed by atoms with Crippen molar-refractivity contribution in [3.05, 3.63) is 59.7 Å². The Bertz CT molecular complexity index is 992. The molecule has 2 aromatic rings. The molecule has 0 fully saturated rings. The van der Waals surface area contributed by atoms with Gasteiger partial charge in [0.1, 0.15) is 6.61 Å². The topological polar surface area (TPSA) is 114 Å². The number of amides is 2. The fourth-order valence-electron chi connectivity index (χ4n) is 4.59. The first-order valence-corrected chi connectivity index (χ1v) is 11.9. The van der Waals surface area contributed by atoms with Crippen LogP contribution < -0.4 is 10.6 Å². The van der Waals surface area contributed by atoms with Crippen LogP contribution >= 0.6 is 0 Å². The van der Waals surface area contributed by atoms with Gasteiger partial charge in [-0.2, -0.15) is 0 Å². The van der Waals surface area contributed by atoms with Crippen LogP contribution in [0.2, 0.25) is 0 Å². The second-order valence-electron chi connectivity index (χ2n) is 9.27. The molecule has 0 spiro atoms. The number of carboxylic acid groups (broad SMARTS) is 1. The third-order valence-electron chi connectivity index (χ3n) is 6.20. The quantitative estimate of drug-likeness (QED) is 0.424. The Labute approximate surface area is 206 Å². The van der Waals surface area contributed by atoms with E-state index in [0.717, 1.165) is 17.5 Å². The molecule has 0 aliphatic heterocycles. The molecule has 188 valence electrons. The number of ether oxygens (including phenoxy) is 2. The molecule has 8 heteroatoms. The van der Waals surface area contributed by atoms with Gasteiger partial charge in [0.2, 0.25) is 5.91 Å². The standard InChI is InChI=1S/C27H34N2O6/c1-17(2)12-18(13-25(30)28-15-24(34-3)26(31)32)14-29-27(33)35-16-23-21-10-6-4-8-19(21)20-9-5-7-11-22(20)23/h4-11,17-18,23-24H,12-16H2,1-3H3,(H,28,30)(H,29,33)(H,31,32). The number of hydrogen-bond acceptors (Lipinski definition) is 5. The monoisotopic (exact) mass is 482 g/mol. The van der Waals surface area contributed by atoms with E-state index in [1.165, 1.54) is 18.2 Å². The molecule has 0 heterocycles. The van der Waals surface area contributed by atoms with Crippen LogP contribution in [0.4, 0.5) is 4.79 Å². The minimum absolute atomic E-state index is 0.0200. The Hall–Kier alpha value is -3.39. The van der Waals surface area contributed by atoms with Gasteiger partial charge in [0.25, 0.3) is 0 Å². The SMILES string of the molecule is COC(CNC(=O)CC(CNC(=O)OCC1c2ccccc2-c2ccccc21)CC(C)C)C(=O)O. The van der Waals surface area contributed by atoms with Crippen LogP contribution in [0.3, 0.4) is 0 Å². The number of fused-ring (bicyclic) bond motifs is 3. The van der Waals surface area contributed by atoms with Crippen LogP contribution in [0.15, 0.2) is 48.5 Å². The summed E-state index contributed by atoms with van der Waals surface area (Å²) < 4.78 is 10.4. The van der Waals surface area contributed by atoms with Gasteiger partial charge in [0, 0.05) is 26.0 Å². The van der Waals surface area contributed by atoms with Gasteiger partial charge in [-0.25, -0.2) is 9.59 Å². The minimum Gasteiger partial charge on any atom is -0.479 e. The van der Waals surface area contributed by atoms with Gasteiger partial charge in [-0.05, 0) is 40.5 Å². The molecule has 0 saturated heterocycles. The first kappa shape index (κ1) is 26.2. The largest absolute Gasteiger partial charge is 0.479 e. The smallest absolute Gasteiger partial charge is 0.407 e. The van der Waals surface area contributed by atoms with Gasteiger partial charge in [-0.15, -0.1) is 0 Å². The lowest BCUT2D eigenvalue weighted by molar-refractivity contribution is -0.148. The summed E-state index contributed by atoms with van der Waals surface area (Å²) in [5.41, 5.74) is 4.62. The second-order valence-corrected chi connectivity index (χ2v) is 9.27. The van der Waals surface area contributed by atoms with Crippen molar-refractivity contribution in [3.8, 4) is 11.1 Å². The first-order valence-electron chi connectivity index (χ1n) is 11.9. The Balaban J connectivity index is 1.52. The predicted molar refractivity (Wildman–Crippen MR) is 132 cm³/mol. The number of hydrogen-bond donors (Lipinski definition) is 3. The summed E-state index contributed by atoms with van der Waals surface area (Å²) in [5, 5.41) is 14.4. The van der Waals surface area contributed by atoms with E-state index in [2.05, 4.69) is 34.9 Å². The highest BCUT2D eigenvalue weighted by Gasteiger charge is 2.29. The van der Waals surface area contributed by atoms with E-state index in [4.69, 9.17) is 14.6 Å². The summed E-state index contributed by atoms with van der Waals surface area (Å²) in [4.78, 5) is 35.9. The van der Waals surface area contributed by atoms with Crippen molar-refractivity contribution in [2.45, 2.75) is 38.7 Å². The Kier molecular flexibility index (Phi) is 9.25. The van der Waals surface area contributed by atoms with Crippen molar-refractivity contribution in [1.29, 1.82) is 0 Å². The number of alkyl carbamates (subject to hydrolysis) is 1. The van der Waals surface area contributed by atoms with Crippen LogP contribution in [0.1, 0.15) is 43.7 Å². The summed E-state index contributed by atoms with van der Waals surface area (Å²) in [7, 11) is 1.28. The van der Waals surface area contributed by atoms with E-state index in [0.29, 0.717) is 5.92 Å². The van der Waals surface area contributed by atoms with E-state index in [9.17, 15) is 14.4 Å². The molecule has 0 aromatic heterocycles. The van der Waals surface area contributed by atoms with E-state index in [1.54, 1.807) is 0 Å². The molecular weight excluding hydrogens is 448 g/mol. The summed E-state index contributed by atoms with van der Waals surface area (Å²) in [6.07, 6.45) is -0.727. The zero-order valence-corrected chi connectivity index (χ0v) is 20.5. The van der Waals surface area contributed by atoms with Crippen molar-refractivity contribution in [2.24, 2.45) is 11.8 Å². The minimum atomic E-state index is -1.14. The van der Waals surface area contributed by atoms with Crippen molar-refractivity contribution >= 4 is 18.0 Å². The molecule has 2 atom stereocenters. The third kappa shape index (κ3) is 7.05. The molecule has 1 aliphatic rings. The van der Waals surface area contributed by atoms with E-state index in [1.807, 2.05) is 38.1 Å². The number of carbonyl (C=O) groups is 3. The molecule has 1 aliphatic carbocycles. The number of aliphatic carboxylic acids is 1. The normalized spacial score (nSPS) is 14.1. The molecule has 2 unspecified atom stereocenters. The predicted octanol–water partition coefficient (Wildman–Crippen LogP) is 3.79. The van der Waals surface area contributed by atoms with Crippen molar-refractivity contribution < 1.29 is 29.0 Å². The molecule has 2 aromatic carbocycles. The maximum absolute atomic E-state index is 12.5. The molecule has 3 rings (SSSR count). The molecule has 0 radical (unpaired) electrons. The fourth-order valence-corrected chi connectivity index (χ4v) is 4.59. The Morgan fingerprint density at radius 2 is 1.54 bits per heavy atom. The Morgan fingerprint density at radius 3 is 2.09 bits per heavy atom. The van der Waals surface area contributed by atoms with Gasteiger partial charge < -0.3 is 25.2 Å². The molecular formula is C27H34N2O6. The zero-order chi connectivity index (χ0) is 25.4. The number of methoxy groups -OCH3 is 1. The number of rotatable bonds is 12. The first-order chi connectivity index (χ1) is 16.8. The lowest BCUT2D eigenvalue weighted by Gasteiger charge is -2.20. The lowest BCUT2D eigenvalue weighted by atomic mass is 9.93. The summed E-state index contributed by atoms with van der Waals surface area (Å²) >= 11 is 0. The van der Waals surface area contributed by atoms with Crippen molar-refractivity contribution in [2.75, 3.05) is 26.8 Å². The number of carboxylic acids is 1. The molecule has 2 amide bonds. The van der Waals surface area contributed by atoms with Gasteiger partial charge in [0.05, 0.1) is 6.54 Å². The van der Waals surface area contributed by atoms with Gasteiger partial charge in [-0.3, -0.25) is 4.79 Å². The van der Waals surface area contributed by atoms with Crippen LogP contribution in [0, 0.1) is 11.8 Å². The van der Waals surface area contributed by atoms with Gasteiger partial charge in [0.15, 0.2) is 6.10 Å². The number of nitrogens with one attached hydrogen (secondary N) is 2. The number of benzene rings is 2. The second kappa shape index (κ2) is 12.4. The van der Waals surface area contributed by atoms with Crippen molar-refractivity contribution in [3.63, 3.8) is 0 Å². The summed E-state index contributed by atoms with van der Waals surface area (Å²) in [5.74, 6) is -1.23. The molecule has 0 saturated carbocycles. The van der Waals surface area contributed by atoms with Crippen LogP contribution in [0.5, 0.6) is 0 Å². The van der Waals surface area contributed by atoms with Gasteiger partial charge in [-0.1, -0.05) is 62.4 Å². The zero-order valence-electron chi connectivity index (χ0n) is 20.5. The lowest BCUT2D eigenvalue weighted by Crippen LogP contribution is -2.39. The van der Waals surface area contributed by atoms with Crippen molar-refractivity contribution in [1.82, 2.24) is 10.6 Å². The average molecular weight is 483 g/mol. The van der Waals surface area contributed by atoms with E-state index >= 15 is 0 Å². The number of carbonyl (C=O) groups excluding carboxylic acids is 2. The maximum atomic E-state index is 12.5. The average Bonchev–Trinajstić information content (AvgIpc) is 3.15. The third-order valence-corrected chi connectivity index (χ3v) is 6.20. The fraction of sp³-hybridized carbons (Fsp3) is 0.444. The highest BCUT2D eigenvalue weighted by atomic mass is 16.5.